The second-order valence-electron chi connectivity index (χ2n) is 12.5. The molecule has 1 atom stereocenters. The number of piperidine rings is 1. The number of fused-ring (bicyclic) bond motifs is 1. The number of halogens is 1. The fourth-order valence-electron chi connectivity index (χ4n) is 6.29. The van der Waals surface area contributed by atoms with Crippen molar-refractivity contribution in [2.24, 2.45) is 0 Å². The fraction of sp³-hybridized carbons (Fsp3) is 0.343. The first-order valence-electron chi connectivity index (χ1n) is 15.6. The third-order valence-electron chi connectivity index (χ3n) is 8.96. The number of anilines is 1. The summed E-state index contributed by atoms with van der Waals surface area (Å²) in [6.45, 7) is 14.0. The molecule has 0 radical (unpaired) electrons. The molecule has 0 saturated carbocycles. The maximum absolute atomic E-state index is 15.7. The van der Waals surface area contributed by atoms with E-state index in [4.69, 9.17) is 22.0 Å². The Hall–Kier alpha value is -5.28. The lowest BCUT2D eigenvalue weighted by Crippen LogP contribution is -2.55. The maximum atomic E-state index is 15.7. The van der Waals surface area contributed by atoms with Gasteiger partial charge >= 0.3 is 0 Å². The Morgan fingerprint density at radius 3 is 2.66 bits per heavy atom. The summed E-state index contributed by atoms with van der Waals surface area (Å²) in [5.41, 5.74) is 6.76. The zero-order chi connectivity index (χ0) is 33.3. The molecule has 0 aliphatic carbocycles. The molecule has 2 aromatic carbocycles. The lowest BCUT2D eigenvalue weighted by atomic mass is 9.96. The average Bonchev–Trinajstić information content (AvgIpc) is 3.46. The lowest BCUT2D eigenvalue weighted by molar-refractivity contribution is -0.136. The van der Waals surface area contributed by atoms with Crippen LogP contribution in [0.15, 0.2) is 72.7 Å². The van der Waals surface area contributed by atoms with Crippen LogP contribution >= 0.6 is 0 Å². The van der Waals surface area contributed by atoms with Gasteiger partial charge in [0.05, 0.1) is 13.1 Å². The predicted molar refractivity (Wildman–Crippen MR) is 176 cm³/mol. The van der Waals surface area contributed by atoms with Crippen LogP contribution in [0.1, 0.15) is 38.4 Å². The van der Waals surface area contributed by atoms with Gasteiger partial charge in [-0.15, -0.1) is 0 Å². The van der Waals surface area contributed by atoms with Crippen LogP contribution in [-0.2, 0) is 9.59 Å². The largest absolute Gasteiger partial charge is 0.457 e. The highest BCUT2D eigenvalue weighted by atomic mass is 19.1. The minimum Gasteiger partial charge on any atom is -0.457 e. The summed E-state index contributed by atoms with van der Waals surface area (Å²) in [6, 6.07) is 13.8. The molecule has 4 aromatic rings. The van der Waals surface area contributed by atoms with E-state index in [9.17, 15) is 9.59 Å². The molecule has 12 heteroatoms. The lowest BCUT2D eigenvalue weighted by Gasteiger charge is -2.41. The zero-order valence-electron chi connectivity index (χ0n) is 26.7. The Morgan fingerprint density at radius 2 is 1.94 bits per heavy atom. The molecule has 47 heavy (non-hydrogen) atoms. The predicted octanol–water partition coefficient (Wildman–Crippen LogP) is 4.97. The molecule has 2 fully saturated rings. The van der Waals surface area contributed by atoms with Crippen molar-refractivity contribution in [3.63, 3.8) is 0 Å². The number of imidazole rings is 1. The van der Waals surface area contributed by atoms with Gasteiger partial charge in [0, 0.05) is 68.7 Å². The van der Waals surface area contributed by atoms with Crippen LogP contribution < -0.4 is 10.5 Å². The van der Waals surface area contributed by atoms with Crippen LogP contribution in [0.2, 0.25) is 0 Å². The van der Waals surface area contributed by atoms with Gasteiger partial charge in [0.2, 0.25) is 11.6 Å². The number of benzene rings is 2. The van der Waals surface area contributed by atoms with E-state index in [1.54, 1.807) is 59.6 Å². The number of rotatable bonds is 7. The van der Waals surface area contributed by atoms with Crippen molar-refractivity contribution in [3.8, 4) is 22.8 Å². The molecule has 11 nitrogen and oxygen atoms in total. The van der Waals surface area contributed by atoms with E-state index >= 15 is 4.39 Å². The van der Waals surface area contributed by atoms with Crippen molar-refractivity contribution in [1.29, 1.82) is 0 Å². The number of hydrogen-bond acceptors (Lipinski definition) is 7. The molecule has 242 valence electrons. The molecule has 0 spiro atoms. The number of likely N-dealkylation sites (N-methyl/N-ethyl adjacent to an activating group) is 1. The van der Waals surface area contributed by atoms with Gasteiger partial charge < -0.3 is 20.3 Å². The number of nitrogens with two attached hydrogens (primary N) is 1. The number of nitrogens with zero attached hydrogens (tertiary/aromatic N) is 7. The van der Waals surface area contributed by atoms with Crippen molar-refractivity contribution in [1.82, 2.24) is 29.1 Å². The van der Waals surface area contributed by atoms with Crippen LogP contribution in [0.25, 0.3) is 21.6 Å². The van der Waals surface area contributed by atoms with E-state index in [2.05, 4.69) is 9.83 Å². The van der Waals surface area contributed by atoms with Gasteiger partial charge in [0.1, 0.15) is 40.2 Å². The SMILES string of the molecule is [C-]#[N+]/C(=C\C(C)(C)N1CCN(C)C(=O)C1)C(=O)N1CCC[C@@H](c2nc(-c3ccc(Oc4ccccc4)cc3F)c3c(N)nccn23)C1. The van der Waals surface area contributed by atoms with Crippen LogP contribution in [0.4, 0.5) is 10.2 Å². The van der Waals surface area contributed by atoms with Crippen molar-refractivity contribution in [2.75, 3.05) is 45.5 Å². The first-order chi connectivity index (χ1) is 22.6. The van der Waals surface area contributed by atoms with E-state index in [-0.39, 0.29) is 41.4 Å². The number of aromatic nitrogens is 3. The number of likely N-dealkylation sites (tertiary alicyclic amines) is 1. The molecule has 2 N–H and O–H groups in total. The molecule has 0 unspecified atom stereocenters. The van der Waals surface area contributed by atoms with E-state index in [0.29, 0.717) is 61.1 Å². The summed E-state index contributed by atoms with van der Waals surface area (Å²) in [4.78, 5) is 44.3. The summed E-state index contributed by atoms with van der Waals surface area (Å²) >= 11 is 0. The van der Waals surface area contributed by atoms with Crippen molar-refractivity contribution < 1.29 is 18.7 Å². The molecule has 0 bridgehead atoms. The number of nitrogen functional groups attached to an aromatic ring is 1. The van der Waals surface area contributed by atoms with Gasteiger partial charge in [-0.05, 0) is 51.0 Å². The minimum atomic E-state index is -0.674. The van der Waals surface area contributed by atoms with Crippen molar-refractivity contribution in [3.05, 3.63) is 95.8 Å². The van der Waals surface area contributed by atoms with Crippen LogP contribution in [-0.4, -0.2) is 86.2 Å². The van der Waals surface area contributed by atoms with Crippen LogP contribution in [0.5, 0.6) is 11.5 Å². The Kier molecular flexibility index (Phi) is 8.66. The first-order valence-corrected chi connectivity index (χ1v) is 15.6. The highest BCUT2D eigenvalue weighted by Crippen LogP contribution is 2.36. The monoisotopic (exact) mass is 636 g/mol. The average molecular weight is 637 g/mol. The Labute approximate surface area is 272 Å². The normalized spacial score (nSPS) is 18.0. The molecule has 2 saturated heterocycles. The van der Waals surface area contributed by atoms with E-state index in [0.717, 1.165) is 6.42 Å². The number of para-hydroxylation sites is 1. The molecule has 4 heterocycles. The number of carbonyl (C=O) groups is 2. The number of amides is 2. The molecule has 2 amide bonds. The van der Waals surface area contributed by atoms with Crippen molar-refractivity contribution >= 4 is 23.1 Å². The summed E-state index contributed by atoms with van der Waals surface area (Å²) in [6.07, 6.45) is 6.42. The number of carbonyl (C=O) groups excluding carboxylic acids is 2. The number of hydrogen-bond donors (Lipinski definition) is 1. The molecule has 2 aliphatic rings. The quantitative estimate of drug-likeness (QED) is 0.225. The minimum absolute atomic E-state index is 0.00533. The molecular weight excluding hydrogens is 599 g/mol. The highest BCUT2D eigenvalue weighted by Gasteiger charge is 2.35. The van der Waals surface area contributed by atoms with Gasteiger partial charge in [0.25, 0.3) is 5.91 Å². The Morgan fingerprint density at radius 1 is 1.15 bits per heavy atom. The number of ether oxygens (including phenoxy) is 1. The fourth-order valence-corrected chi connectivity index (χ4v) is 6.29. The Balaban J connectivity index is 1.27. The highest BCUT2D eigenvalue weighted by molar-refractivity contribution is 5.95. The van der Waals surface area contributed by atoms with E-state index in [1.165, 1.54) is 6.07 Å². The van der Waals surface area contributed by atoms with E-state index in [1.807, 2.05) is 41.3 Å². The summed E-state index contributed by atoms with van der Waals surface area (Å²) in [7, 11) is 1.77. The van der Waals surface area contributed by atoms with Gasteiger partial charge in [-0.25, -0.2) is 19.2 Å². The first kappa shape index (κ1) is 31.7. The third kappa shape index (κ3) is 6.39. The second kappa shape index (κ2) is 12.8. The van der Waals surface area contributed by atoms with Crippen LogP contribution in [0.3, 0.4) is 0 Å². The standard InChI is InChI=1S/C35H37FN8O3/c1-35(2,43-18-17-41(4)29(45)22-43)20-28(38-3)34(46)42-15-8-9-23(21-42)33-40-30(31-32(37)39-14-16-44(31)33)26-13-12-25(19-27(26)36)47-24-10-6-5-7-11-24/h5-7,10-14,16,19-20,23H,8-9,15,17-18,21-22H2,1-2,4H3,(H2,37,39)/b28-20-/t23-/m1/s1. The van der Waals surface area contributed by atoms with Gasteiger partial charge in [-0.3, -0.25) is 18.9 Å². The zero-order valence-corrected chi connectivity index (χ0v) is 26.7. The summed E-state index contributed by atoms with van der Waals surface area (Å²) < 4.78 is 23.3. The summed E-state index contributed by atoms with van der Waals surface area (Å²) in [5, 5.41) is 0. The smallest absolute Gasteiger partial charge is 0.252 e. The molecule has 2 aliphatic heterocycles. The van der Waals surface area contributed by atoms with Crippen molar-refractivity contribution in [2.45, 2.75) is 38.1 Å². The van der Waals surface area contributed by atoms with E-state index < -0.39 is 11.4 Å². The van der Waals surface area contributed by atoms with Gasteiger partial charge in [0.15, 0.2) is 0 Å². The second-order valence-corrected chi connectivity index (χ2v) is 12.5. The maximum Gasteiger partial charge on any atom is 0.252 e. The topological polar surface area (TPSA) is 114 Å². The number of piperazine rings is 1. The van der Waals surface area contributed by atoms with Gasteiger partial charge in [-0.1, -0.05) is 24.3 Å². The van der Waals surface area contributed by atoms with Crippen LogP contribution in [0, 0.1) is 12.4 Å². The third-order valence-corrected chi connectivity index (χ3v) is 8.96. The molecule has 2 aromatic heterocycles. The summed E-state index contributed by atoms with van der Waals surface area (Å²) in [5.74, 6) is 0.700. The van der Waals surface area contributed by atoms with Gasteiger partial charge in [-0.2, -0.15) is 0 Å². The molecular formula is C35H37FN8O3. The Bertz CT molecular complexity index is 1900. The molecule has 6 rings (SSSR count).